The largest absolute Gasteiger partial charge is 0.368 e. The van der Waals surface area contributed by atoms with Gasteiger partial charge >= 0.3 is 0 Å². The number of Topliss-reactive ketones (excluding diaryl/α,β-unsaturated/α-hetero) is 1. The minimum Gasteiger partial charge on any atom is -0.368 e. The van der Waals surface area contributed by atoms with Crippen LogP contribution in [0.4, 0.5) is 5.69 Å². The van der Waals surface area contributed by atoms with Crippen molar-refractivity contribution in [3.8, 4) is 0 Å². The van der Waals surface area contributed by atoms with E-state index in [1.807, 2.05) is 63.4 Å². The summed E-state index contributed by atoms with van der Waals surface area (Å²) in [4.78, 5) is 18.6. The standard InChI is InChI=1S/C17H20N2O/c1-4-17(20)15-10-5-6-11-16(15)19(3)12-14-9-7-8-13(2)18-14/h5-11H,4,12H2,1-3H3. The van der Waals surface area contributed by atoms with Gasteiger partial charge in [0, 0.05) is 30.4 Å². The van der Waals surface area contributed by atoms with Gasteiger partial charge in [0.1, 0.15) is 0 Å². The van der Waals surface area contributed by atoms with E-state index in [9.17, 15) is 4.79 Å². The highest BCUT2D eigenvalue weighted by atomic mass is 16.1. The number of nitrogens with zero attached hydrogens (tertiary/aromatic N) is 2. The maximum atomic E-state index is 12.0. The first-order valence-electron chi connectivity index (χ1n) is 6.87. The Hall–Kier alpha value is -2.16. The summed E-state index contributed by atoms with van der Waals surface area (Å²) in [5.41, 5.74) is 3.76. The third kappa shape index (κ3) is 3.23. The van der Waals surface area contributed by atoms with E-state index in [4.69, 9.17) is 0 Å². The average Bonchev–Trinajstić information content (AvgIpc) is 2.46. The molecule has 2 aromatic rings. The Morgan fingerprint density at radius 2 is 1.90 bits per heavy atom. The lowest BCUT2D eigenvalue weighted by Crippen LogP contribution is -2.20. The summed E-state index contributed by atoms with van der Waals surface area (Å²) in [5, 5.41) is 0. The number of anilines is 1. The fourth-order valence-electron chi connectivity index (χ4n) is 2.25. The molecule has 0 saturated heterocycles. The van der Waals surface area contributed by atoms with Crippen molar-refractivity contribution in [2.24, 2.45) is 0 Å². The second kappa shape index (κ2) is 6.33. The van der Waals surface area contributed by atoms with Crippen LogP contribution in [0.2, 0.25) is 0 Å². The normalized spacial score (nSPS) is 10.3. The molecule has 3 nitrogen and oxygen atoms in total. The lowest BCUT2D eigenvalue weighted by Gasteiger charge is -2.21. The molecule has 0 fully saturated rings. The monoisotopic (exact) mass is 268 g/mol. The minimum absolute atomic E-state index is 0.171. The molecule has 0 aliphatic heterocycles. The highest BCUT2D eigenvalue weighted by molar-refractivity contribution is 6.01. The third-order valence-corrected chi connectivity index (χ3v) is 3.28. The molecule has 0 aliphatic carbocycles. The summed E-state index contributed by atoms with van der Waals surface area (Å²) in [5.74, 6) is 0.171. The molecule has 1 aromatic heterocycles. The van der Waals surface area contributed by atoms with Crippen LogP contribution in [0.25, 0.3) is 0 Å². The Kier molecular flexibility index (Phi) is 4.51. The zero-order valence-corrected chi connectivity index (χ0v) is 12.3. The SMILES string of the molecule is CCC(=O)c1ccccc1N(C)Cc1cccc(C)n1. The van der Waals surface area contributed by atoms with E-state index >= 15 is 0 Å². The van der Waals surface area contributed by atoms with Crippen LogP contribution >= 0.6 is 0 Å². The average molecular weight is 268 g/mol. The minimum atomic E-state index is 0.171. The van der Waals surface area contributed by atoms with Gasteiger partial charge in [-0.1, -0.05) is 25.1 Å². The Morgan fingerprint density at radius 3 is 2.60 bits per heavy atom. The molecule has 0 unspecified atom stereocenters. The number of benzene rings is 1. The van der Waals surface area contributed by atoms with Crippen molar-refractivity contribution in [3.63, 3.8) is 0 Å². The number of rotatable bonds is 5. The van der Waals surface area contributed by atoms with Gasteiger partial charge < -0.3 is 4.90 Å². The van der Waals surface area contributed by atoms with Crippen molar-refractivity contribution >= 4 is 11.5 Å². The second-order valence-electron chi connectivity index (χ2n) is 4.92. The maximum Gasteiger partial charge on any atom is 0.164 e. The molecule has 104 valence electrons. The van der Waals surface area contributed by atoms with Gasteiger partial charge in [0.2, 0.25) is 0 Å². The third-order valence-electron chi connectivity index (χ3n) is 3.28. The van der Waals surface area contributed by atoms with E-state index in [-0.39, 0.29) is 5.78 Å². The van der Waals surface area contributed by atoms with Crippen molar-refractivity contribution in [2.75, 3.05) is 11.9 Å². The number of carbonyl (C=O) groups is 1. The summed E-state index contributed by atoms with van der Waals surface area (Å²) < 4.78 is 0. The molecule has 20 heavy (non-hydrogen) atoms. The van der Waals surface area contributed by atoms with E-state index in [1.54, 1.807) is 0 Å². The molecule has 1 heterocycles. The lowest BCUT2D eigenvalue weighted by molar-refractivity contribution is 0.0988. The molecule has 0 amide bonds. The van der Waals surface area contributed by atoms with Gasteiger partial charge in [0.25, 0.3) is 0 Å². The zero-order valence-electron chi connectivity index (χ0n) is 12.3. The smallest absolute Gasteiger partial charge is 0.164 e. The van der Waals surface area contributed by atoms with Crippen LogP contribution < -0.4 is 4.90 Å². The van der Waals surface area contributed by atoms with Crippen LogP contribution in [-0.4, -0.2) is 17.8 Å². The number of aryl methyl sites for hydroxylation is 1. The molecule has 3 heteroatoms. The van der Waals surface area contributed by atoms with Gasteiger partial charge in [0.05, 0.1) is 12.2 Å². The predicted molar refractivity (Wildman–Crippen MR) is 82.1 cm³/mol. The van der Waals surface area contributed by atoms with Gasteiger partial charge in [-0.2, -0.15) is 0 Å². The number of para-hydroxylation sites is 1. The van der Waals surface area contributed by atoms with Crippen LogP contribution in [-0.2, 0) is 6.54 Å². The Bertz CT molecular complexity index is 607. The first-order valence-corrected chi connectivity index (χ1v) is 6.87. The first-order chi connectivity index (χ1) is 9.61. The van der Waals surface area contributed by atoms with Crippen molar-refractivity contribution in [2.45, 2.75) is 26.8 Å². The first kappa shape index (κ1) is 14.3. The molecule has 0 spiro atoms. The molecule has 0 atom stereocenters. The molecular weight excluding hydrogens is 248 g/mol. The van der Waals surface area contributed by atoms with E-state index in [0.29, 0.717) is 13.0 Å². The topological polar surface area (TPSA) is 33.2 Å². The van der Waals surface area contributed by atoms with E-state index < -0.39 is 0 Å². The molecule has 2 rings (SSSR count). The van der Waals surface area contributed by atoms with Crippen molar-refractivity contribution < 1.29 is 4.79 Å². The van der Waals surface area contributed by atoms with E-state index in [0.717, 1.165) is 22.6 Å². The van der Waals surface area contributed by atoms with Crippen molar-refractivity contribution in [3.05, 3.63) is 59.4 Å². The highest BCUT2D eigenvalue weighted by Gasteiger charge is 2.12. The highest BCUT2D eigenvalue weighted by Crippen LogP contribution is 2.22. The molecule has 1 aromatic carbocycles. The molecule has 0 saturated carbocycles. The van der Waals surface area contributed by atoms with Crippen molar-refractivity contribution in [1.82, 2.24) is 4.98 Å². The van der Waals surface area contributed by atoms with Gasteiger partial charge in [-0.25, -0.2) is 0 Å². The van der Waals surface area contributed by atoms with Gasteiger partial charge in [0.15, 0.2) is 5.78 Å². The zero-order chi connectivity index (χ0) is 14.5. The lowest BCUT2D eigenvalue weighted by atomic mass is 10.1. The van der Waals surface area contributed by atoms with E-state index in [1.165, 1.54) is 0 Å². The fraction of sp³-hybridized carbons (Fsp3) is 0.294. The second-order valence-corrected chi connectivity index (χ2v) is 4.92. The number of pyridine rings is 1. The molecule has 0 bridgehead atoms. The summed E-state index contributed by atoms with van der Waals surface area (Å²) in [6.45, 7) is 4.56. The fourth-order valence-corrected chi connectivity index (χ4v) is 2.25. The number of carbonyl (C=O) groups excluding carboxylic acids is 1. The van der Waals surface area contributed by atoms with Crippen LogP contribution in [0.15, 0.2) is 42.5 Å². The van der Waals surface area contributed by atoms with Crippen LogP contribution in [0, 0.1) is 6.92 Å². The van der Waals surface area contributed by atoms with Crippen LogP contribution in [0.5, 0.6) is 0 Å². The number of aromatic nitrogens is 1. The molecule has 0 N–H and O–H groups in total. The van der Waals surface area contributed by atoms with Crippen LogP contribution in [0.1, 0.15) is 35.1 Å². The summed E-state index contributed by atoms with van der Waals surface area (Å²) in [7, 11) is 1.99. The van der Waals surface area contributed by atoms with Gasteiger partial charge in [-0.3, -0.25) is 9.78 Å². The predicted octanol–water partition coefficient (Wildman–Crippen LogP) is 3.62. The number of ketones is 1. The molecule has 0 aliphatic rings. The molecule has 0 radical (unpaired) electrons. The quantitative estimate of drug-likeness (QED) is 0.776. The van der Waals surface area contributed by atoms with Crippen molar-refractivity contribution in [1.29, 1.82) is 0 Å². The Balaban J connectivity index is 2.25. The van der Waals surface area contributed by atoms with Gasteiger partial charge in [-0.05, 0) is 31.2 Å². The molecular formula is C17H20N2O. The number of hydrogen-bond acceptors (Lipinski definition) is 3. The summed E-state index contributed by atoms with van der Waals surface area (Å²) in [6.07, 6.45) is 0.521. The summed E-state index contributed by atoms with van der Waals surface area (Å²) in [6, 6.07) is 13.7. The van der Waals surface area contributed by atoms with Crippen LogP contribution in [0.3, 0.4) is 0 Å². The number of hydrogen-bond donors (Lipinski definition) is 0. The van der Waals surface area contributed by atoms with E-state index in [2.05, 4.69) is 9.88 Å². The summed E-state index contributed by atoms with van der Waals surface area (Å²) >= 11 is 0. The van der Waals surface area contributed by atoms with Gasteiger partial charge in [-0.15, -0.1) is 0 Å². The Morgan fingerprint density at radius 1 is 1.15 bits per heavy atom. The Labute approximate surface area is 120 Å². The maximum absolute atomic E-state index is 12.0.